The van der Waals surface area contributed by atoms with E-state index in [4.69, 9.17) is 11.6 Å². The molecule has 6 nitrogen and oxygen atoms in total. The number of unbranched alkanes of at least 4 members (excludes halogenated alkanes) is 1. The van der Waals surface area contributed by atoms with Gasteiger partial charge in [0.15, 0.2) is 11.8 Å². The summed E-state index contributed by atoms with van der Waals surface area (Å²) in [7, 11) is 0. The molecule has 0 unspecified atom stereocenters. The average Bonchev–Trinajstić information content (AvgIpc) is 2.97. The Morgan fingerprint density at radius 1 is 0.893 bits per heavy atom. The van der Waals surface area contributed by atoms with Gasteiger partial charge in [-0.15, -0.1) is 0 Å². The Hall–Kier alpha value is -1.92. The Morgan fingerprint density at radius 2 is 1.54 bits per heavy atom. The number of anilines is 1. The van der Waals surface area contributed by atoms with Gasteiger partial charge in [-0.05, 0) is 57.2 Å². The molecular formula is C21H29ClN4O2. The number of aromatic nitrogens is 2. The van der Waals surface area contributed by atoms with Crippen LogP contribution in [0, 0.1) is 0 Å². The van der Waals surface area contributed by atoms with Crippen LogP contribution in [0.15, 0.2) is 18.3 Å². The van der Waals surface area contributed by atoms with Crippen LogP contribution in [0.5, 0.6) is 11.8 Å². The second-order valence-electron chi connectivity index (χ2n) is 7.83. The van der Waals surface area contributed by atoms with Crippen molar-refractivity contribution in [3.8, 4) is 11.8 Å². The maximum atomic E-state index is 10.4. The fourth-order valence-electron chi connectivity index (χ4n) is 4.40. The van der Waals surface area contributed by atoms with Crippen molar-refractivity contribution in [3.05, 3.63) is 34.5 Å². The van der Waals surface area contributed by atoms with Crippen LogP contribution >= 0.6 is 11.6 Å². The number of hydrogen-bond acceptors (Lipinski definition) is 5. The first-order valence-corrected chi connectivity index (χ1v) is 10.7. The second-order valence-corrected chi connectivity index (χ2v) is 8.27. The molecule has 28 heavy (non-hydrogen) atoms. The van der Waals surface area contributed by atoms with Crippen LogP contribution in [-0.2, 0) is 19.4 Å². The van der Waals surface area contributed by atoms with Gasteiger partial charge in [-0.2, -0.15) is 0 Å². The molecule has 2 N–H and O–H groups in total. The first-order valence-electron chi connectivity index (χ1n) is 10.3. The molecule has 0 aromatic carbocycles. The van der Waals surface area contributed by atoms with E-state index in [-0.39, 0.29) is 11.8 Å². The zero-order valence-corrected chi connectivity index (χ0v) is 17.0. The molecule has 3 heterocycles. The fraction of sp³-hybridized carbons (Fsp3) is 0.571. The number of rotatable bonds is 6. The van der Waals surface area contributed by atoms with Crippen LogP contribution < -0.4 is 4.90 Å². The number of aromatic hydroxyl groups is 2. The molecule has 0 atom stereocenters. The van der Waals surface area contributed by atoms with E-state index in [1.54, 1.807) is 10.8 Å². The molecule has 0 radical (unpaired) electrons. The summed E-state index contributed by atoms with van der Waals surface area (Å²) in [5.41, 5.74) is 1.94. The van der Waals surface area contributed by atoms with Crippen molar-refractivity contribution in [1.29, 1.82) is 0 Å². The van der Waals surface area contributed by atoms with Crippen molar-refractivity contribution < 1.29 is 10.2 Å². The normalized spacial score (nSPS) is 17.7. The van der Waals surface area contributed by atoms with Gasteiger partial charge in [0.25, 0.3) is 0 Å². The molecule has 152 valence electrons. The molecule has 1 aliphatic carbocycles. The van der Waals surface area contributed by atoms with Gasteiger partial charge >= 0.3 is 0 Å². The predicted molar refractivity (Wildman–Crippen MR) is 112 cm³/mol. The highest BCUT2D eigenvalue weighted by Gasteiger charge is 2.24. The number of halogens is 1. The topological polar surface area (TPSA) is 64.8 Å². The van der Waals surface area contributed by atoms with E-state index < -0.39 is 0 Å². The minimum absolute atomic E-state index is 0.288. The van der Waals surface area contributed by atoms with Gasteiger partial charge in [0.2, 0.25) is 0 Å². The Labute approximate surface area is 171 Å². The smallest absolute Gasteiger partial charge is 0.197 e. The largest absolute Gasteiger partial charge is 0.494 e. The Balaban J connectivity index is 1.22. The van der Waals surface area contributed by atoms with Gasteiger partial charge in [-0.1, -0.05) is 11.6 Å². The fourth-order valence-corrected chi connectivity index (χ4v) is 4.51. The Bertz CT molecular complexity index is 768. The SMILES string of the molecule is Oc1c2c(c(O)n1CCCCN1CCN(c3ccc(Cl)cn3)CC1)CCCC2. The third-order valence-electron chi connectivity index (χ3n) is 6.03. The van der Waals surface area contributed by atoms with E-state index in [9.17, 15) is 10.2 Å². The summed E-state index contributed by atoms with van der Waals surface area (Å²) >= 11 is 5.92. The second kappa shape index (κ2) is 8.62. The number of hydrogen-bond donors (Lipinski definition) is 2. The number of fused-ring (bicyclic) bond motifs is 1. The maximum Gasteiger partial charge on any atom is 0.197 e. The van der Waals surface area contributed by atoms with Crippen molar-refractivity contribution in [2.75, 3.05) is 37.6 Å². The minimum atomic E-state index is 0.288. The minimum Gasteiger partial charge on any atom is -0.494 e. The van der Waals surface area contributed by atoms with Gasteiger partial charge in [-0.3, -0.25) is 9.47 Å². The van der Waals surface area contributed by atoms with Gasteiger partial charge in [0, 0.05) is 50.0 Å². The third-order valence-corrected chi connectivity index (χ3v) is 6.26. The summed E-state index contributed by atoms with van der Waals surface area (Å²) < 4.78 is 1.71. The predicted octanol–water partition coefficient (Wildman–Crippen LogP) is 3.43. The molecule has 2 aromatic heterocycles. The van der Waals surface area contributed by atoms with Crippen molar-refractivity contribution >= 4 is 17.4 Å². The highest BCUT2D eigenvalue weighted by atomic mass is 35.5. The quantitative estimate of drug-likeness (QED) is 0.722. The van der Waals surface area contributed by atoms with Gasteiger partial charge in [-0.25, -0.2) is 4.98 Å². The molecule has 0 saturated carbocycles. The van der Waals surface area contributed by atoms with Crippen molar-refractivity contribution in [3.63, 3.8) is 0 Å². The summed E-state index contributed by atoms with van der Waals surface area (Å²) in [4.78, 5) is 9.18. The van der Waals surface area contributed by atoms with E-state index in [0.717, 1.165) is 88.2 Å². The molecule has 0 amide bonds. The Morgan fingerprint density at radius 3 is 2.14 bits per heavy atom. The molecule has 0 spiro atoms. The highest BCUT2D eigenvalue weighted by Crippen LogP contribution is 2.38. The highest BCUT2D eigenvalue weighted by molar-refractivity contribution is 6.30. The lowest BCUT2D eigenvalue weighted by Crippen LogP contribution is -2.46. The van der Waals surface area contributed by atoms with Crippen LogP contribution in [0.3, 0.4) is 0 Å². The first-order chi connectivity index (χ1) is 13.6. The van der Waals surface area contributed by atoms with Gasteiger partial charge in [0.05, 0.1) is 5.02 Å². The molecule has 0 bridgehead atoms. The zero-order valence-electron chi connectivity index (χ0n) is 16.3. The monoisotopic (exact) mass is 404 g/mol. The summed E-state index contributed by atoms with van der Waals surface area (Å²) in [6, 6.07) is 3.87. The average molecular weight is 405 g/mol. The van der Waals surface area contributed by atoms with Crippen molar-refractivity contribution in [2.45, 2.75) is 45.1 Å². The molecule has 1 aliphatic heterocycles. The first kappa shape index (κ1) is 19.4. The summed E-state index contributed by atoms with van der Waals surface area (Å²) in [6.07, 6.45) is 7.67. The lowest BCUT2D eigenvalue weighted by Gasteiger charge is -2.35. The molecule has 2 aliphatic rings. The van der Waals surface area contributed by atoms with Gasteiger partial charge < -0.3 is 15.1 Å². The summed E-state index contributed by atoms with van der Waals surface area (Å²) in [6.45, 7) is 5.72. The third kappa shape index (κ3) is 4.08. The van der Waals surface area contributed by atoms with Gasteiger partial charge in [0.1, 0.15) is 5.82 Å². The van der Waals surface area contributed by atoms with Crippen molar-refractivity contribution in [2.24, 2.45) is 0 Å². The molecule has 2 aromatic rings. The standard InChI is InChI=1S/C21H29ClN4O2/c22-16-7-8-19(23-15-16)25-13-11-24(12-14-25)9-3-4-10-26-20(27)17-5-1-2-6-18(17)21(26)28/h7-8,15,27-28H,1-6,9-14H2. The van der Waals surface area contributed by atoms with E-state index >= 15 is 0 Å². The van der Waals surface area contributed by atoms with Crippen LogP contribution in [0.2, 0.25) is 5.02 Å². The maximum absolute atomic E-state index is 10.4. The summed E-state index contributed by atoms with van der Waals surface area (Å²) in [5, 5.41) is 21.5. The molecule has 7 heteroatoms. The molecular weight excluding hydrogens is 376 g/mol. The van der Waals surface area contributed by atoms with Crippen LogP contribution in [0.25, 0.3) is 0 Å². The molecule has 1 saturated heterocycles. The van der Waals surface area contributed by atoms with Crippen molar-refractivity contribution in [1.82, 2.24) is 14.5 Å². The van der Waals surface area contributed by atoms with Crippen LogP contribution in [0.4, 0.5) is 5.82 Å². The summed E-state index contributed by atoms with van der Waals surface area (Å²) in [5.74, 6) is 1.57. The van der Waals surface area contributed by atoms with Crippen LogP contribution in [0.1, 0.15) is 36.8 Å². The van der Waals surface area contributed by atoms with E-state index in [1.165, 1.54) is 0 Å². The van der Waals surface area contributed by atoms with E-state index in [1.807, 2.05) is 12.1 Å². The van der Waals surface area contributed by atoms with Crippen LogP contribution in [-0.4, -0.2) is 57.4 Å². The van der Waals surface area contributed by atoms with E-state index in [2.05, 4.69) is 14.8 Å². The lowest BCUT2D eigenvalue weighted by atomic mass is 9.95. The number of nitrogens with zero attached hydrogens (tertiary/aromatic N) is 4. The molecule has 1 fully saturated rings. The lowest BCUT2D eigenvalue weighted by molar-refractivity contribution is 0.249. The Kier molecular flexibility index (Phi) is 5.97. The zero-order chi connectivity index (χ0) is 19.5. The van der Waals surface area contributed by atoms with E-state index in [0.29, 0.717) is 11.6 Å². The molecule has 4 rings (SSSR count). The number of piperazine rings is 1. The number of pyridine rings is 1.